The lowest BCUT2D eigenvalue weighted by Gasteiger charge is -2.25. The third-order valence-electron chi connectivity index (χ3n) is 8.51. The molecule has 2 aromatic rings. The monoisotopic (exact) mass is 489 g/mol. The SMILES string of the molecule is Cc1ncnc(C)c1C(=O)N1CC2CN(CCC(NC(=O)CC3CCCC3)c3ccccc3)C[C@H]2C1. The molecule has 36 heavy (non-hydrogen) atoms. The number of hydrogen-bond acceptors (Lipinski definition) is 5. The Morgan fingerprint density at radius 3 is 2.25 bits per heavy atom. The molecule has 2 amide bonds. The molecule has 0 radical (unpaired) electrons. The molecule has 1 N–H and O–H groups in total. The van der Waals surface area contributed by atoms with Crippen LogP contribution in [0.5, 0.6) is 0 Å². The summed E-state index contributed by atoms with van der Waals surface area (Å²) < 4.78 is 0. The van der Waals surface area contributed by atoms with E-state index in [-0.39, 0.29) is 17.9 Å². The van der Waals surface area contributed by atoms with Gasteiger partial charge in [0.05, 0.1) is 23.0 Å². The van der Waals surface area contributed by atoms with Gasteiger partial charge in [0.1, 0.15) is 6.33 Å². The summed E-state index contributed by atoms with van der Waals surface area (Å²) >= 11 is 0. The second kappa shape index (κ2) is 11.1. The topological polar surface area (TPSA) is 78.4 Å². The van der Waals surface area contributed by atoms with Crippen LogP contribution < -0.4 is 5.32 Å². The third kappa shape index (κ3) is 5.61. The molecule has 1 aromatic heterocycles. The predicted molar refractivity (Wildman–Crippen MR) is 139 cm³/mol. The van der Waals surface area contributed by atoms with Crippen molar-refractivity contribution in [1.29, 1.82) is 0 Å². The number of nitrogens with one attached hydrogen (secondary N) is 1. The Morgan fingerprint density at radius 1 is 0.972 bits per heavy atom. The molecular weight excluding hydrogens is 450 g/mol. The molecule has 5 rings (SSSR count). The Hall–Kier alpha value is -2.80. The molecule has 3 atom stereocenters. The summed E-state index contributed by atoms with van der Waals surface area (Å²) in [5.41, 5.74) is 3.36. The summed E-state index contributed by atoms with van der Waals surface area (Å²) in [5, 5.41) is 3.35. The quantitative estimate of drug-likeness (QED) is 0.608. The number of aromatic nitrogens is 2. The summed E-state index contributed by atoms with van der Waals surface area (Å²) in [6, 6.07) is 10.4. The van der Waals surface area contributed by atoms with E-state index in [9.17, 15) is 9.59 Å². The van der Waals surface area contributed by atoms with E-state index in [2.05, 4.69) is 44.5 Å². The third-order valence-corrected chi connectivity index (χ3v) is 8.51. The molecule has 1 aliphatic carbocycles. The first-order valence-corrected chi connectivity index (χ1v) is 13.6. The highest BCUT2D eigenvalue weighted by Gasteiger charge is 2.42. The van der Waals surface area contributed by atoms with Crippen molar-refractivity contribution in [2.24, 2.45) is 17.8 Å². The molecule has 3 fully saturated rings. The predicted octanol–water partition coefficient (Wildman–Crippen LogP) is 3.93. The first-order valence-electron chi connectivity index (χ1n) is 13.6. The summed E-state index contributed by atoms with van der Waals surface area (Å²) in [6.45, 7) is 8.34. The molecule has 1 aromatic carbocycles. The van der Waals surface area contributed by atoms with E-state index in [1.54, 1.807) is 0 Å². The zero-order chi connectivity index (χ0) is 25.1. The minimum absolute atomic E-state index is 0.0441. The van der Waals surface area contributed by atoms with Gasteiger partial charge in [0, 0.05) is 39.1 Å². The number of amides is 2. The summed E-state index contributed by atoms with van der Waals surface area (Å²) in [7, 11) is 0. The number of aryl methyl sites for hydroxylation is 2. The fraction of sp³-hybridized carbons (Fsp3) is 0.586. The lowest BCUT2D eigenvalue weighted by Crippen LogP contribution is -2.36. The molecule has 3 aliphatic rings. The van der Waals surface area contributed by atoms with Crippen LogP contribution in [0.15, 0.2) is 36.7 Å². The van der Waals surface area contributed by atoms with E-state index in [0.717, 1.165) is 50.5 Å². The van der Waals surface area contributed by atoms with Gasteiger partial charge in [-0.15, -0.1) is 0 Å². The largest absolute Gasteiger partial charge is 0.349 e. The molecule has 0 spiro atoms. The fourth-order valence-electron chi connectivity index (χ4n) is 6.55. The van der Waals surface area contributed by atoms with Gasteiger partial charge in [-0.25, -0.2) is 9.97 Å². The Bertz CT molecular complexity index is 1030. The van der Waals surface area contributed by atoms with Crippen molar-refractivity contribution in [2.45, 2.75) is 58.4 Å². The standard InChI is InChI=1S/C29H39N5O2/c1-20-28(21(2)31-19-30-20)29(36)34-17-24-15-33(16-25(24)18-34)13-12-26(23-10-4-3-5-11-23)32-27(35)14-22-8-6-7-9-22/h3-5,10-11,19,22,24-26H,6-9,12-18H2,1-2H3,(H,32,35)/t24-,25?,26?/m0/s1. The normalized spacial score (nSPS) is 23.1. The van der Waals surface area contributed by atoms with Crippen molar-refractivity contribution in [3.63, 3.8) is 0 Å². The van der Waals surface area contributed by atoms with Gasteiger partial charge < -0.3 is 15.1 Å². The van der Waals surface area contributed by atoms with Crippen LogP contribution >= 0.6 is 0 Å². The van der Waals surface area contributed by atoms with Crippen LogP contribution in [0.2, 0.25) is 0 Å². The van der Waals surface area contributed by atoms with Crippen LogP contribution in [0.4, 0.5) is 0 Å². The zero-order valence-corrected chi connectivity index (χ0v) is 21.7. The molecule has 0 bridgehead atoms. The summed E-state index contributed by atoms with van der Waals surface area (Å²) in [5.74, 6) is 1.83. The molecule has 1 saturated carbocycles. The van der Waals surface area contributed by atoms with Gasteiger partial charge in [-0.2, -0.15) is 0 Å². The fourth-order valence-corrected chi connectivity index (χ4v) is 6.55. The van der Waals surface area contributed by atoms with E-state index in [0.29, 0.717) is 29.7 Å². The number of hydrogen-bond donors (Lipinski definition) is 1. The van der Waals surface area contributed by atoms with Crippen molar-refractivity contribution in [2.75, 3.05) is 32.7 Å². The summed E-state index contributed by atoms with van der Waals surface area (Å²) in [4.78, 5) is 39.0. The van der Waals surface area contributed by atoms with Gasteiger partial charge in [-0.05, 0) is 56.4 Å². The smallest absolute Gasteiger partial charge is 0.257 e. The maximum Gasteiger partial charge on any atom is 0.257 e. The van der Waals surface area contributed by atoms with Crippen LogP contribution in [0.3, 0.4) is 0 Å². The highest BCUT2D eigenvalue weighted by molar-refractivity contribution is 5.96. The van der Waals surface area contributed by atoms with E-state index in [1.165, 1.54) is 37.6 Å². The number of likely N-dealkylation sites (tertiary alicyclic amines) is 2. The van der Waals surface area contributed by atoms with Gasteiger partial charge >= 0.3 is 0 Å². The van der Waals surface area contributed by atoms with Crippen LogP contribution in [0.1, 0.15) is 71.9 Å². The number of carbonyl (C=O) groups is 2. The highest BCUT2D eigenvalue weighted by Crippen LogP contribution is 2.33. The second-order valence-corrected chi connectivity index (χ2v) is 11.1. The number of carbonyl (C=O) groups excluding carboxylic acids is 2. The number of nitrogens with zero attached hydrogens (tertiary/aromatic N) is 4. The van der Waals surface area contributed by atoms with Crippen molar-refractivity contribution in [1.82, 2.24) is 25.1 Å². The van der Waals surface area contributed by atoms with Crippen molar-refractivity contribution in [3.05, 3.63) is 59.2 Å². The first kappa shape index (κ1) is 24.9. The van der Waals surface area contributed by atoms with Crippen LogP contribution in [0.25, 0.3) is 0 Å². The van der Waals surface area contributed by atoms with E-state index < -0.39 is 0 Å². The van der Waals surface area contributed by atoms with Crippen molar-refractivity contribution >= 4 is 11.8 Å². The zero-order valence-electron chi connectivity index (χ0n) is 21.7. The molecule has 7 nitrogen and oxygen atoms in total. The lowest BCUT2D eigenvalue weighted by molar-refractivity contribution is -0.122. The van der Waals surface area contributed by atoms with Crippen LogP contribution in [0, 0.1) is 31.6 Å². The summed E-state index contributed by atoms with van der Waals surface area (Å²) in [6.07, 6.45) is 8.00. The average molecular weight is 490 g/mol. The molecule has 7 heteroatoms. The average Bonchev–Trinajstić information content (AvgIpc) is 3.59. The Labute approximate surface area is 214 Å². The van der Waals surface area contributed by atoms with Gasteiger partial charge in [0.2, 0.25) is 5.91 Å². The molecule has 2 aliphatic heterocycles. The Morgan fingerprint density at radius 2 is 1.61 bits per heavy atom. The molecule has 2 unspecified atom stereocenters. The molecule has 2 saturated heterocycles. The molecule has 3 heterocycles. The molecular formula is C29H39N5O2. The van der Waals surface area contributed by atoms with Gasteiger partial charge in [-0.3, -0.25) is 9.59 Å². The minimum atomic E-state index is 0.0441. The van der Waals surface area contributed by atoms with E-state index in [4.69, 9.17) is 0 Å². The van der Waals surface area contributed by atoms with Gasteiger partial charge in [-0.1, -0.05) is 43.2 Å². The van der Waals surface area contributed by atoms with E-state index in [1.807, 2.05) is 24.8 Å². The Kier molecular flexibility index (Phi) is 7.65. The number of rotatable bonds is 8. The number of fused-ring (bicyclic) bond motifs is 1. The van der Waals surface area contributed by atoms with Gasteiger partial charge in [0.15, 0.2) is 0 Å². The van der Waals surface area contributed by atoms with Crippen molar-refractivity contribution < 1.29 is 9.59 Å². The molecule has 192 valence electrons. The van der Waals surface area contributed by atoms with Crippen LogP contribution in [-0.2, 0) is 4.79 Å². The maximum absolute atomic E-state index is 13.2. The Balaban J connectivity index is 1.15. The van der Waals surface area contributed by atoms with Crippen molar-refractivity contribution in [3.8, 4) is 0 Å². The lowest BCUT2D eigenvalue weighted by atomic mass is 10.0. The van der Waals surface area contributed by atoms with Gasteiger partial charge in [0.25, 0.3) is 5.91 Å². The number of benzene rings is 1. The highest BCUT2D eigenvalue weighted by atomic mass is 16.2. The van der Waals surface area contributed by atoms with E-state index >= 15 is 0 Å². The first-order chi connectivity index (χ1) is 17.5. The second-order valence-electron chi connectivity index (χ2n) is 11.1. The van der Waals surface area contributed by atoms with Crippen LogP contribution in [-0.4, -0.2) is 64.3 Å². The minimum Gasteiger partial charge on any atom is -0.349 e. The maximum atomic E-state index is 13.2.